The molecule has 0 saturated carbocycles. The Morgan fingerprint density at radius 3 is 2.41 bits per heavy atom. The molecule has 1 aromatic carbocycles. The molecule has 4 rings (SSSR count). The highest BCUT2D eigenvalue weighted by molar-refractivity contribution is 7.92. The number of nitrogens with zero attached hydrogens (tertiary/aromatic N) is 4. The first-order valence-corrected chi connectivity index (χ1v) is 13.6. The molecule has 0 unspecified atom stereocenters. The lowest BCUT2D eigenvalue weighted by Gasteiger charge is -2.33. The van der Waals surface area contributed by atoms with Gasteiger partial charge in [-0.15, -0.1) is 0 Å². The van der Waals surface area contributed by atoms with Gasteiger partial charge in [-0.05, 0) is 37.1 Å². The first-order chi connectivity index (χ1) is 17.8. The van der Waals surface area contributed by atoms with E-state index in [1.807, 2.05) is 12.1 Å². The molecule has 0 aliphatic carbocycles. The van der Waals surface area contributed by atoms with E-state index in [0.717, 1.165) is 11.0 Å². The van der Waals surface area contributed by atoms with Gasteiger partial charge in [0.25, 0.3) is 0 Å². The van der Waals surface area contributed by atoms with Crippen LogP contribution in [0.1, 0.15) is 18.4 Å². The molecule has 37 heavy (non-hydrogen) atoms. The summed E-state index contributed by atoms with van der Waals surface area (Å²) in [6, 6.07) is 6.87. The lowest BCUT2D eigenvalue weighted by molar-refractivity contribution is 0.122. The van der Waals surface area contributed by atoms with Crippen LogP contribution in [0.3, 0.4) is 0 Å². The lowest BCUT2D eigenvalue weighted by Crippen LogP contribution is -2.42. The van der Waals surface area contributed by atoms with Crippen LogP contribution in [-0.4, -0.2) is 87.4 Å². The lowest BCUT2D eigenvalue weighted by atomic mass is 10.1. The zero-order valence-electron chi connectivity index (χ0n) is 20.7. The van der Waals surface area contributed by atoms with Gasteiger partial charge in [0.05, 0.1) is 18.8 Å². The summed E-state index contributed by atoms with van der Waals surface area (Å²) in [6.45, 7) is 6.57. The summed E-state index contributed by atoms with van der Waals surface area (Å²) in [5, 5.41) is 17.8. The van der Waals surface area contributed by atoms with E-state index in [4.69, 9.17) is 20.1 Å². The number of rotatable bonds is 8. The summed E-state index contributed by atoms with van der Waals surface area (Å²) >= 11 is 0. The molecule has 13 heteroatoms. The van der Waals surface area contributed by atoms with Crippen molar-refractivity contribution in [3.05, 3.63) is 41.8 Å². The number of morpholine rings is 1. The van der Waals surface area contributed by atoms with Crippen LogP contribution in [0.5, 0.6) is 0 Å². The van der Waals surface area contributed by atoms with Crippen LogP contribution >= 0.6 is 0 Å². The van der Waals surface area contributed by atoms with Gasteiger partial charge in [0.2, 0.25) is 10.0 Å². The van der Waals surface area contributed by atoms with Gasteiger partial charge in [-0.2, -0.15) is 4.31 Å². The van der Waals surface area contributed by atoms with Gasteiger partial charge in [-0.3, -0.25) is 0 Å². The molecule has 2 aliphatic heterocycles. The van der Waals surface area contributed by atoms with Crippen molar-refractivity contribution in [2.75, 3.05) is 62.0 Å². The van der Waals surface area contributed by atoms with Gasteiger partial charge in [-0.25, -0.2) is 23.2 Å². The Morgan fingerprint density at radius 2 is 1.81 bits per heavy atom. The Morgan fingerprint density at radius 1 is 1.14 bits per heavy atom. The van der Waals surface area contributed by atoms with Crippen LogP contribution in [-0.2, 0) is 14.8 Å². The third kappa shape index (κ3) is 6.24. The smallest absolute Gasteiger partial charge is 0.318 e. The molecule has 4 N–H and O–H groups in total. The molecule has 3 heterocycles. The molecule has 12 nitrogen and oxygen atoms in total. The Balaban J connectivity index is 1.64. The van der Waals surface area contributed by atoms with Gasteiger partial charge >= 0.3 is 6.03 Å². The van der Waals surface area contributed by atoms with Gasteiger partial charge in [0.15, 0.2) is 5.82 Å². The van der Waals surface area contributed by atoms with Crippen molar-refractivity contribution >= 4 is 39.6 Å². The summed E-state index contributed by atoms with van der Waals surface area (Å²) in [5.74, 6) is 1.65. The highest BCUT2D eigenvalue weighted by atomic mass is 32.2. The molecule has 0 radical (unpaired) electrons. The molecule has 0 spiro atoms. The summed E-state index contributed by atoms with van der Waals surface area (Å²) in [5.41, 5.74) is 1.96. The Labute approximate surface area is 216 Å². The zero-order valence-corrected chi connectivity index (χ0v) is 21.6. The van der Waals surface area contributed by atoms with E-state index in [0.29, 0.717) is 80.9 Å². The fourth-order valence-corrected chi connectivity index (χ4v) is 5.23. The molecule has 198 valence electrons. The summed E-state index contributed by atoms with van der Waals surface area (Å²) in [6.07, 6.45) is 2.44. The Bertz CT molecular complexity index is 1240. The summed E-state index contributed by atoms with van der Waals surface area (Å²) < 4.78 is 31.2. The zero-order chi connectivity index (χ0) is 26.4. The second kappa shape index (κ2) is 11.7. The van der Waals surface area contributed by atoms with Crippen LogP contribution in [0, 0.1) is 5.41 Å². The quantitative estimate of drug-likeness (QED) is 0.380. The SMILES string of the molecule is C=CS(=O)(=O)N1CCC(Nc2nc(-c3ccc(NC(=O)NC)cc3)nc(N3CCOCC3)c2C=N)CC1. The second-order valence-electron chi connectivity index (χ2n) is 8.69. The Kier molecular flexibility index (Phi) is 8.36. The van der Waals surface area contributed by atoms with Crippen molar-refractivity contribution in [3.63, 3.8) is 0 Å². The predicted octanol–water partition coefficient (Wildman–Crippen LogP) is 2.08. The third-order valence-electron chi connectivity index (χ3n) is 6.37. The number of piperidine rings is 1. The van der Waals surface area contributed by atoms with E-state index in [-0.39, 0.29) is 12.1 Å². The monoisotopic (exact) mass is 528 g/mol. The summed E-state index contributed by atoms with van der Waals surface area (Å²) in [7, 11) is -1.90. The van der Waals surface area contributed by atoms with Crippen molar-refractivity contribution in [1.29, 1.82) is 5.41 Å². The van der Waals surface area contributed by atoms with E-state index < -0.39 is 10.0 Å². The first-order valence-electron chi connectivity index (χ1n) is 12.1. The molecule has 0 bridgehead atoms. The number of hydrogen-bond donors (Lipinski definition) is 4. The number of nitrogens with one attached hydrogen (secondary N) is 4. The highest BCUT2D eigenvalue weighted by Gasteiger charge is 2.28. The number of ether oxygens (including phenoxy) is 1. The average Bonchev–Trinajstić information content (AvgIpc) is 2.93. The predicted molar refractivity (Wildman–Crippen MR) is 144 cm³/mol. The first kappa shape index (κ1) is 26.5. The maximum atomic E-state index is 12.1. The van der Waals surface area contributed by atoms with Crippen molar-refractivity contribution in [2.24, 2.45) is 0 Å². The van der Waals surface area contributed by atoms with Crippen LogP contribution in [0.25, 0.3) is 11.4 Å². The minimum absolute atomic E-state index is 0.0191. The van der Waals surface area contributed by atoms with Crippen LogP contribution < -0.4 is 20.9 Å². The summed E-state index contributed by atoms with van der Waals surface area (Å²) in [4.78, 5) is 23.3. The molecule has 0 atom stereocenters. The molecule has 2 aromatic rings. The fraction of sp³-hybridized carbons (Fsp3) is 0.417. The maximum Gasteiger partial charge on any atom is 0.318 e. The van der Waals surface area contributed by atoms with Crippen LogP contribution in [0.2, 0.25) is 0 Å². The van der Waals surface area contributed by atoms with Gasteiger partial charge < -0.3 is 31.0 Å². The minimum Gasteiger partial charge on any atom is -0.378 e. The van der Waals surface area contributed by atoms with E-state index >= 15 is 0 Å². The fourth-order valence-electron chi connectivity index (χ4n) is 4.30. The molecular formula is C24H32N8O4S. The average molecular weight is 529 g/mol. The molecule has 2 saturated heterocycles. The van der Waals surface area contributed by atoms with Crippen LogP contribution in [0.15, 0.2) is 36.3 Å². The van der Waals surface area contributed by atoms with E-state index in [1.165, 1.54) is 10.5 Å². The molecule has 2 amide bonds. The largest absolute Gasteiger partial charge is 0.378 e. The molecule has 2 aliphatic rings. The number of anilines is 3. The molecule has 1 aromatic heterocycles. The number of carbonyl (C=O) groups excluding carboxylic acids is 1. The van der Waals surface area contributed by atoms with Crippen molar-refractivity contribution in [3.8, 4) is 11.4 Å². The number of aromatic nitrogens is 2. The highest BCUT2D eigenvalue weighted by Crippen LogP contribution is 2.30. The van der Waals surface area contributed by atoms with E-state index in [1.54, 1.807) is 19.2 Å². The molecular weight excluding hydrogens is 496 g/mol. The number of carbonyl (C=O) groups is 1. The Hall–Kier alpha value is -3.55. The van der Waals surface area contributed by atoms with Gasteiger partial charge in [0.1, 0.15) is 11.6 Å². The van der Waals surface area contributed by atoms with Gasteiger partial charge in [0, 0.05) is 62.1 Å². The molecule has 2 fully saturated rings. The second-order valence-corrected chi connectivity index (χ2v) is 10.6. The number of amides is 2. The van der Waals surface area contributed by atoms with E-state index in [9.17, 15) is 13.2 Å². The topological polar surface area (TPSA) is 153 Å². The third-order valence-corrected chi connectivity index (χ3v) is 7.88. The standard InChI is InChI=1S/C24H32N8O4S/c1-3-37(34,35)32-10-8-19(9-11-32)27-22-20(16-25)23(31-12-14-36-15-13-31)30-21(29-22)17-4-6-18(7-5-17)28-24(33)26-2/h3-7,16,19,25H,1,8-15H2,2H3,(H2,26,28,33)(H,27,29,30). The number of urea groups is 1. The van der Waals surface area contributed by atoms with Crippen molar-refractivity contribution in [1.82, 2.24) is 19.6 Å². The minimum atomic E-state index is -3.45. The number of benzene rings is 1. The normalized spacial score (nSPS) is 17.2. The van der Waals surface area contributed by atoms with Crippen LogP contribution in [0.4, 0.5) is 22.1 Å². The van der Waals surface area contributed by atoms with Gasteiger partial charge in [-0.1, -0.05) is 6.58 Å². The number of hydrogen-bond acceptors (Lipinski definition) is 9. The van der Waals surface area contributed by atoms with Crippen molar-refractivity contribution in [2.45, 2.75) is 18.9 Å². The van der Waals surface area contributed by atoms with E-state index in [2.05, 4.69) is 27.4 Å². The van der Waals surface area contributed by atoms with Crippen molar-refractivity contribution < 1.29 is 17.9 Å². The number of sulfonamides is 1. The maximum absolute atomic E-state index is 12.1.